The first-order valence-corrected chi connectivity index (χ1v) is 7.75. The van der Waals surface area contributed by atoms with Gasteiger partial charge in [-0.15, -0.1) is 0 Å². The van der Waals surface area contributed by atoms with Gasteiger partial charge in [-0.2, -0.15) is 0 Å². The summed E-state index contributed by atoms with van der Waals surface area (Å²) in [5.74, 6) is 0.471. The first kappa shape index (κ1) is 14.0. The zero-order valence-electron chi connectivity index (χ0n) is 11.1. The van der Waals surface area contributed by atoms with Crippen LogP contribution in [-0.4, -0.2) is 30.6 Å². The van der Waals surface area contributed by atoms with Crippen LogP contribution in [0.4, 0.5) is 0 Å². The molecule has 2 N–H and O–H groups in total. The number of benzene rings is 1. The van der Waals surface area contributed by atoms with Crippen molar-refractivity contribution in [2.24, 2.45) is 5.73 Å². The number of likely N-dealkylation sites (N-methyl/N-ethyl adjacent to an activating group) is 1. The highest BCUT2D eigenvalue weighted by Gasteiger charge is 2.28. The minimum absolute atomic E-state index is 0.471. The molecule has 2 nitrogen and oxygen atoms in total. The number of rotatable bonds is 4. The van der Waals surface area contributed by atoms with Crippen LogP contribution in [0.5, 0.6) is 0 Å². The summed E-state index contributed by atoms with van der Waals surface area (Å²) in [6.07, 6.45) is 3.96. The fourth-order valence-electron chi connectivity index (χ4n) is 3.09. The second-order valence-corrected chi connectivity index (χ2v) is 6.00. The number of hydrogen-bond acceptors (Lipinski definition) is 2. The number of halogens is 1. The summed E-state index contributed by atoms with van der Waals surface area (Å²) in [5.41, 5.74) is 7.43. The lowest BCUT2D eigenvalue weighted by molar-refractivity contribution is 0.134. The molecule has 0 radical (unpaired) electrons. The monoisotopic (exact) mass is 310 g/mol. The first-order chi connectivity index (χ1) is 8.76. The van der Waals surface area contributed by atoms with Gasteiger partial charge in [0.1, 0.15) is 0 Å². The van der Waals surface area contributed by atoms with Crippen LogP contribution >= 0.6 is 15.9 Å². The molecule has 2 rings (SSSR count). The Morgan fingerprint density at radius 2 is 2.06 bits per heavy atom. The van der Waals surface area contributed by atoms with E-state index in [0.717, 1.165) is 17.6 Å². The molecule has 0 spiro atoms. The Kier molecular flexibility index (Phi) is 5.22. The van der Waals surface area contributed by atoms with Crippen molar-refractivity contribution >= 4 is 15.9 Å². The van der Waals surface area contributed by atoms with Gasteiger partial charge in [0.2, 0.25) is 0 Å². The molecule has 0 aromatic heterocycles. The third kappa shape index (κ3) is 3.14. The average molecular weight is 311 g/mol. The van der Waals surface area contributed by atoms with Gasteiger partial charge in [-0.1, -0.05) is 41.4 Å². The topological polar surface area (TPSA) is 29.3 Å². The van der Waals surface area contributed by atoms with Gasteiger partial charge in [-0.3, -0.25) is 0 Å². The van der Waals surface area contributed by atoms with Gasteiger partial charge in [0.25, 0.3) is 0 Å². The molecule has 1 aliphatic rings. The molecule has 18 heavy (non-hydrogen) atoms. The zero-order valence-corrected chi connectivity index (χ0v) is 12.7. The van der Waals surface area contributed by atoms with E-state index in [-0.39, 0.29) is 0 Å². The molecule has 0 saturated carbocycles. The Bertz CT molecular complexity index is 363. The van der Waals surface area contributed by atoms with Crippen molar-refractivity contribution in [1.29, 1.82) is 0 Å². The third-order valence-electron chi connectivity index (χ3n) is 4.09. The molecule has 1 fully saturated rings. The van der Waals surface area contributed by atoms with Crippen LogP contribution in [0.3, 0.4) is 0 Å². The number of nitrogens with two attached hydrogens (primary N) is 1. The normalized spacial score (nSPS) is 22.9. The van der Waals surface area contributed by atoms with E-state index < -0.39 is 0 Å². The van der Waals surface area contributed by atoms with Crippen LogP contribution in [0.1, 0.15) is 37.7 Å². The molecule has 1 aliphatic heterocycles. The van der Waals surface area contributed by atoms with Crippen LogP contribution in [0.2, 0.25) is 0 Å². The summed E-state index contributed by atoms with van der Waals surface area (Å²) in [5, 5.41) is 0. The first-order valence-electron chi connectivity index (χ1n) is 6.95. The smallest absolute Gasteiger partial charge is 0.0176 e. The zero-order chi connectivity index (χ0) is 13.0. The minimum Gasteiger partial charge on any atom is -0.330 e. The van der Waals surface area contributed by atoms with Crippen LogP contribution in [0.25, 0.3) is 0 Å². The summed E-state index contributed by atoms with van der Waals surface area (Å²) in [4.78, 5) is 2.60. The Labute approximate surface area is 119 Å². The van der Waals surface area contributed by atoms with Crippen molar-refractivity contribution in [3.63, 3.8) is 0 Å². The van der Waals surface area contributed by atoms with Crippen LogP contribution in [-0.2, 0) is 0 Å². The lowest BCUT2D eigenvalue weighted by atomic mass is 9.85. The molecule has 3 heteroatoms. The Balaban J connectivity index is 2.18. The van der Waals surface area contributed by atoms with E-state index in [1.165, 1.54) is 31.4 Å². The van der Waals surface area contributed by atoms with Gasteiger partial charge in [0, 0.05) is 23.0 Å². The van der Waals surface area contributed by atoms with E-state index in [2.05, 4.69) is 52.0 Å². The van der Waals surface area contributed by atoms with E-state index in [9.17, 15) is 0 Å². The number of hydrogen-bond donors (Lipinski definition) is 1. The summed E-state index contributed by atoms with van der Waals surface area (Å²) in [6, 6.07) is 9.29. The van der Waals surface area contributed by atoms with Gasteiger partial charge in [-0.25, -0.2) is 0 Å². The van der Waals surface area contributed by atoms with Crippen molar-refractivity contribution < 1.29 is 0 Å². The van der Waals surface area contributed by atoms with Crippen molar-refractivity contribution in [2.45, 2.75) is 38.1 Å². The Morgan fingerprint density at radius 3 is 2.67 bits per heavy atom. The molecule has 0 amide bonds. The molecular formula is C15H23BrN2. The maximum Gasteiger partial charge on any atom is 0.0176 e. The molecule has 1 aromatic carbocycles. The number of nitrogens with zero attached hydrogens (tertiary/aromatic N) is 1. The number of piperidine rings is 1. The molecule has 2 unspecified atom stereocenters. The molecule has 2 atom stereocenters. The molecule has 1 saturated heterocycles. The highest BCUT2D eigenvalue weighted by atomic mass is 79.9. The molecular weight excluding hydrogens is 288 g/mol. The quantitative estimate of drug-likeness (QED) is 0.924. The van der Waals surface area contributed by atoms with Crippen LogP contribution < -0.4 is 5.73 Å². The maximum absolute atomic E-state index is 6.05. The van der Waals surface area contributed by atoms with E-state index in [4.69, 9.17) is 5.73 Å². The average Bonchev–Trinajstić information content (AvgIpc) is 2.42. The van der Waals surface area contributed by atoms with E-state index >= 15 is 0 Å². The predicted octanol–water partition coefficient (Wildman–Crippen LogP) is 3.37. The minimum atomic E-state index is 0.471. The number of likely N-dealkylation sites (tertiary alicyclic amines) is 1. The summed E-state index contributed by atoms with van der Waals surface area (Å²) < 4.78 is 1.14. The largest absolute Gasteiger partial charge is 0.330 e. The summed E-state index contributed by atoms with van der Waals surface area (Å²) in [6.45, 7) is 5.36. The summed E-state index contributed by atoms with van der Waals surface area (Å²) in [7, 11) is 0. The van der Waals surface area contributed by atoms with Crippen LogP contribution in [0.15, 0.2) is 28.7 Å². The molecule has 0 aliphatic carbocycles. The molecule has 100 valence electrons. The lowest BCUT2D eigenvalue weighted by Gasteiger charge is -2.39. The Hall–Kier alpha value is -0.380. The third-order valence-corrected chi connectivity index (χ3v) is 4.62. The van der Waals surface area contributed by atoms with Crippen molar-refractivity contribution in [2.75, 3.05) is 19.6 Å². The lowest BCUT2D eigenvalue weighted by Crippen LogP contribution is -2.45. The van der Waals surface area contributed by atoms with Gasteiger partial charge in [0.15, 0.2) is 0 Å². The van der Waals surface area contributed by atoms with Gasteiger partial charge in [0.05, 0.1) is 0 Å². The fourth-order valence-corrected chi connectivity index (χ4v) is 3.35. The standard InChI is InChI=1S/C15H23BrN2/c1-2-18-10-4-3-5-15(18)14(11-17)12-6-8-13(16)9-7-12/h6-9,14-15H,2-5,10-11,17H2,1H3. The fraction of sp³-hybridized carbons (Fsp3) is 0.600. The van der Waals surface area contributed by atoms with Crippen molar-refractivity contribution in [3.8, 4) is 0 Å². The second kappa shape index (κ2) is 6.69. The molecule has 1 heterocycles. The van der Waals surface area contributed by atoms with E-state index in [1.807, 2.05) is 0 Å². The maximum atomic E-state index is 6.05. The Morgan fingerprint density at radius 1 is 1.33 bits per heavy atom. The second-order valence-electron chi connectivity index (χ2n) is 5.09. The SMILES string of the molecule is CCN1CCCCC1C(CN)c1ccc(Br)cc1. The van der Waals surface area contributed by atoms with Crippen molar-refractivity contribution in [3.05, 3.63) is 34.3 Å². The van der Waals surface area contributed by atoms with Crippen molar-refractivity contribution in [1.82, 2.24) is 4.90 Å². The summed E-state index contributed by atoms with van der Waals surface area (Å²) >= 11 is 3.50. The highest BCUT2D eigenvalue weighted by molar-refractivity contribution is 9.10. The molecule has 0 bridgehead atoms. The van der Waals surface area contributed by atoms with E-state index in [1.54, 1.807) is 0 Å². The predicted molar refractivity (Wildman–Crippen MR) is 80.8 cm³/mol. The van der Waals surface area contributed by atoms with Gasteiger partial charge >= 0.3 is 0 Å². The van der Waals surface area contributed by atoms with E-state index in [0.29, 0.717) is 12.0 Å². The van der Waals surface area contributed by atoms with Gasteiger partial charge < -0.3 is 10.6 Å². The molecule has 1 aromatic rings. The van der Waals surface area contributed by atoms with Crippen LogP contribution in [0, 0.1) is 0 Å². The van der Waals surface area contributed by atoms with Gasteiger partial charge in [-0.05, 0) is 43.6 Å². The highest BCUT2D eigenvalue weighted by Crippen LogP contribution is 2.30.